The molecule has 0 amide bonds. The second-order valence-corrected chi connectivity index (χ2v) is 9.24. The Morgan fingerprint density at radius 3 is 2.47 bits per heavy atom. The molecule has 2 aliphatic rings. The van der Waals surface area contributed by atoms with Gasteiger partial charge in [0.05, 0.1) is 5.56 Å². The van der Waals surface area contributed by atoms with Gasteiger partial charge in [0.25, 0.3) is 0 Å². The normalized spacial score (nSPS) is 18.2. The number of rotatable bonds is 5. The van der Waals surface area contributed by atoms with Crippen molar-refractivity contribution in [2.24, 2.45) is 5.92 Å². The second-order valence-electron chi connectivity index (χ2n) is 8.16. The predicted molar refractivity (Wildman–Crippen MR) is 122 cm³/mol. The highest BCUT2D eigenvalue weighted by Gasteiger charge is 2.32. The van der Waals surface area contributed by atoms with Gasteiger partial charge >= 0.3 is 6.18 Å². The van der Waals surface area contributed by atoms with E-state index in [0.717, 1.165) is 61.0 Å². The average Bonchev–Trinajstić information content (AvgIpc) is 2.73. The van der Waals surface area contributed by atoms with Gasteiger partial charge in [-0.15, -0.1) is 12.4 Å². The van der Waals surface area contributed by atoms with E-state index in [2.05, 4.69) is 4.90 Å². The van der Waals surface area contributed by atoms with Crippen LogP contribution in [0.1, 0.15) is 42.4 Å². The summed E-state index contributed by atoms with van der Waals surface area (Å²) in [6.07, 6.45) is 1.27. The largest absolute Gasteiger partial charge is 0.416 e. The monoisotopic (exact) mass is 487 g/mol. The fraction of sp³-hybridized carbons (Fsp3) is 0.417. The zero-order chi connectivity index (χ0) is 22.0. The van der Waals surface area contributed by atoms with Crippen molar-refractivity contribution in [3.05, 3.63) is 65.0 Å². The third-order valence-corrected chi connectivity index (χ3v) is 7.22. The third-order valence-electron chi connectivity index (χ3n) is 6.09. The summed E-state index contributed by atoms with van der Waals surface area (Å²) in [4.78, 5) is 3.80. The molecule has 8 heteroatoms. The number of alkyl halides is 3. The van der Waals surface area contributed by atoms with Crippen LogP contribution >= 0.6 is 24.2 Å². The number of hydrogen-bond donors (Lipinski definition) is 1. The number of aliphatic hydroxyl groups is 1. The van der Waals surface area contributed by atoms with Gasteiger partial charge in [-0.3, -0.25) is 0 Å². The van der Waals surface area contributed by atoms with E-state index in [1.165, 1.54) is 36.0 Å². The first-order valence-corrected chi connectivity index (χ1v) is 11.4. The summed E-state index contributed by atoms with van der Waals surface area (Å²) in [5.74, 6) is 0.219. The number of aliphatic hydroxyl groups excluding tert-OH is 1. The Balaban J connectivity index is 0.00000289. The van der Waals surface area contributed by atoms with Crippen molar-refractivity contribution in [1.29, 1.82) is 0 Å². The van der Waals surface area contributed by atoms with Crippen molar-refractivity contribution < 1.29 is 22.7 Å². The maximum Gasteiger partial charge on any atom is 0.416 e. The number of nitrogens with zero attached hydrogens (tertiary/aromatic N) is 1. The molecule has 0 bridgehead atoms. The fourth-order valence-corrected chi connectivity index (χ4v) is 5.48. The molecule has 0 aliphatic carbocycles. The number of benzene rings is 2. The highest BCUT2D eigenvalue weighted by atomic mass is 35.5. The Morgan fingerprint density at radius 1 is 1.03 bits per heavy atom. The number of likely N-dealkylation sites (tertiary alicyclic amines) is 1. The molecule has 0 saturated carbocycles. The highest BCUT2D eigenvalue weighted by Crippen LogP contribution is 2.47. The zero-order valence-electron chi connectivity index (χ0n) is 17.5. The number of fused-ring (bicyclic) bond motifs is 2. The zero-order valence-corrected chi connectivity index (χ0v) is 19.1. The topological polar surface area (TPSA) is 23.5 Å². The van der Waals surface area contributed by atoms with E-state index >= 15 is 0 Å². The Labute approximate surface area is 196 Å². The number of halogens is 5. The minimum Gasteiger partial charge on any atom is -0.396 e. The van der Waals surface area contributed by atoms with Gasteiger partial charge in [-0.25, -0.2) is 4.39 Å². The summed E-state index contributed by atoms with van der Waals surface area (Å²) in [6, 6.07) is 8.24. The van der Waals surface area contributed by atoms with Crippen molar-refractivity contribution in [2.75, 3.05) is 26.2 Å². The smallest absolute Gasteiger partial charge is 0.396 e. The molecule has 0 aromatic heterocycles. The lowest BCUT2D eigenvalue weighted by Crippen LogP contribution is -2.34. The van der Waals surface area contributed by atoms with E-state index in [1.807, 2.05) is 6.08 Å². The van der Waals surface area contributed by atoms with Crippen molar-refractivity contribution in [3.63, 3.8) is 0 Å². The highest BCUT2D eigenvalue weighted by molar-refractivity contribution is 7.99. The first kappa shape index (κ1) is 25.1. The second kappa shape index (κ2) is 10.6. The summed E-state index contributed by atoms with van der Waals surface area (Å²) < 4.78 is 53.7. The van der Waals surface area contributed by atoms with Gasteiger partial charge < -0.3 is 10.0 Å². The van der Waals surface area contributed by atoms with Crippen LogP contribution in [-0.2, 0) is 6.18 Å². The van der Waals surface area contributed by atoms with Gasteiger partial charge in [0.1, 0.15) is 5.82 Å². The molecule has 174 valence electrons. The van der Waals surface area contributed by atoms with Gasteiger partial charge in [0.15, 0.2) is 0 Å². The van der Waals surface area contributed by atoms with Crippen LogP contribution in [0.3, 0.4) is 0 Å². The molecule has 2 aromatic rings. The number of piperidine rings is 1. The molecular formula is C24H26ClF4NOS. The first-order chi connectivity index (χ1) is 14.8. The van der Waals surface area contributed by atoms with E-state index in [9.17, 15) is 17.6 Å². The van der Waals surface area contributed by atoms with Crippen LogP contribution in [-0.4, -0.2) is 36.2 Å². The van der Waals surface area contributed by atoms with Gasteiger partial charge in [-0.1, -0.05) is 23.9 Å². The molecule has 1 fully saturated rings. The lowest BCUT2D eigenvalue weighted by atomic mass is 9.93. The Hall–Kier alpha value is -1.54. The SMILES string of the molecule is Cl.OCCC1CCN(CC/C=C2\c3ccc(F)cc3Sc3ccc(C(F)(F)F)cc32)CC1. The molecular weight excluding hydrogens is 462 g/mol. The Kier molecular flexibility index (Phi) is 8.31. The standard InChI is InChI=1S/C24H25F4NOS.ClH/c25-18-4-5-20-19(2-1-10-29-11-7-16(8-12-29)9-13-30)21-14-17(24(26,27)28)3-6-22(21)31-23(20)15-18;/h2-6,14-16,30H,1,7-13H2;1H/b19-2+;. The lowest BCUT2D eigenvalue weighted by Gasteiger charge is -2.31. The van der Waals surface area contributed by atoms with Crippen LogP contribution < -0.4 is 0 Å². The van der Waals surface area contributed by atoms with Gasteiger partial charge in [-0.05, 0) is 91.7 Å². The average molecular weight is 488 g/mol. The van der Waals surface area contributed by atoms with Crippen LogP contribution in [0.4, 0.5) is 17.6 Å². The molecule has 0 atom stereocenters. The number of hydrogen-bond acceptors (Lipinski definition) is 3. The minimum atomic E-state index is -4.41. The molecule has 0 radical (unpaired) electrons. The van der Waals surface area contributed by atoms with Crippen molar-refractivity contribution in [3.8, 4) is 0 Å². The van der Waals surface area contributed by atoms with Gasteiger partial charge in [0.2, 0.25) is 0 Å². The van der Waals surface area contributed by atoms with Crippen LogP contribution in [0.25, 0.3) is 5.57 Å². The fourth-order valence-electron chi connectivity index (χ4n) is 4.37. The Bertz CT molecular complexity index is 971. The maximum absolute atomic E-state index is 13.8. The summed E-state index contributed by atoms with van der Waals surface area (Å²) >= 11 is 1.31. The van der Waals surface area contributed by atoms with E-state index in [1.54, 1.807) is 6.07 Å². The van der Waals surface area contributed by atoms with Gasteiger partial charge in [-0.2, -0.15) is 13.2 Å². The van der Waals surface area contributed by atoms with Crippen LogP contribution in [0.2, 0.25) is 0 Å². The van der Waals surface area contributed by atoms with Crippen molar-refractivity contribution >= 4 is 29.7 Å². The van der Waals surface area contributed by atoms with Crippen LogP contribution in [0.5, 0.6) is 0 Å². The molecule has 0 unspecified atom stereocenters. The molecule has 2 aliphatic heterocycles. The summed E-state index contributed by atoms with van der Waals surface area (Å²) in [5.41, 5.74) is 1.40. The first-order valence-electron chi connectivity index (χ1n) is 10.6. The Morgan fingerprint density at radius 2 is 1.78 bits per heavy atom. The van der Waals surface area contributed by atoms with E-state index in [4.69, 9.17) is 5.11 Å². The van der Waals surface area contributed by atoms with Crippen LogP contribution in [0.15, 0.2) is 52.3 Å². The third kappa shape index (κ3) is 5.68. The molecule has 0 spiro atoms. The molecule has 1 N–H and O–H groups in total. The van der Waals surface area contributed by atoms with Crippen LogP contribution in [0, 0.1) is 11.7 Å². The summed E-state index contributed by atoms with van der Waals surface area (Å²) in [6.45, 7) is 3.00. The van der Waals surface area contributed by atoms with Gasteiger partial charge in [0, 0.05) is 22.9 Å². The molecule has 2 aromatic carbocycles. The molecule has 1 saturated heterocycles. The van der Waals surface area contributed by atoms with Crippen molar-refractivity contribution in [1.82, 2.24) is 4.90 Å². The molecule has 2 heterocycles. The predicted octanol–water partition coefficient (Wildman–Crippen LogP) is 6.65. The van der Waals surface area contributed by atoms with Crippen molar-refractivity contribution in [2.45, 2.75) is 41.7 Å². The molecule has 2 nitrogen and oxygen atoms in total. The summed E-state index contributed by atoms with van der Waals surface area (Å²) in [5, 5.41) is 9.10. The molecule has 32 heavy (non-hydrogen) atoms. The minimum absolute atomic E-state index is 0. The lowest BCUT2D eigenvalue weighted by molar-refractivity contribution is -0.137. The summed E-state index contributed by atoms with van der Waals surface area (Å²) in [7, 11) is 0. The quantitative estimate of drug-likeness (QED) is 0.408. The van der Waals surface area contributed by atoms with E-state index in [0.29, 0.717) is 22.8 Å². The maximum atomic E-state index is 13.8. The van der Waals surface area contributed by atoms with E-state index < -0.39 is 11.7 Å². The van der Waals surface area contributed by atoms with E-state index in [-0.39, 0.29) is 24.8 Å². The molecule has 4 rings (SSSR count).